The topological polar surface area (TPSA) is 101 Å². The molecule has 0 saturated heterocycles. The van der Waals surface area contributed by atoms with Crippen molar-refractivity contribution in [1.29, 1.82) is 5.26 Å². The van der Waals surface area contributed by atoms with Crippen LogP contribution in [0.25, 0.3) is 10.8 Å². The Bertz CT molecular complexity index is 1110. The van der Waals surface area contributed by atoms with Crippen molar-refractivity contribution in [2.24, 2.45) is 0 Å². The Hall–Kier alpha value is -2.56. The van der Waals surface area contributed by atoms with Crippen LogP contribution in [0.1, 0.15) is 78.7 Å². The zero-order chi connectivity index (χ0) is 28.9. The third kappa shape index (κ3) is 10.2. The van der Waals surface area contributed by atoms with E-state index >= 15 is 0 Å². The van der Waals surface area contributed by atoms with Crippen LogP contribution in [0.3, 0.4) is 0 Å². The monoisotopic (exact) mass is 557 g/mol. The van der Waals surface area contributed by atoms with Gasteiger partial charge in [-0.3, -0.25) is 9.59 Å². The third-order valence-corrected chi connectivity index (χ3v) is 8.63. The minimum Gasteiger partial charge on any atom is -0.497 e. The van der Waals surface area contributed by atoms with E-state index in [1.54, 1.807) is 7.11 Å². The van der Waals surface area contributed by atoms with E-state index < -0.39 is 8.53 Å². The van der Waals surface area contributed by atoms with Gasteiger partial charge in [0.15, 0.2) is 0 Å². The van der Waals surface area contributed by atoms with Gasteiger partial charge in [0.1, 0.15) is 11.5 Å². The predicted octanol–water partition coefficient (Wildman–Crippen LogP) is 6.49. The van der Waals surface area contributed by atoms with Gasteiger partial charge in [-0.05, 0) is 62.6 Å². The molecule has 0 aromatic heterocycles. The first kappa shape index (κ1) is 32.7. The molecule has 2 aromatic carbocycles. The van der Waals surface area contributed by atoms with Crippen molar-refractivity contribution in [2.45, 2.75) is 91.3 Å². The molecular weight excluding hydrogens is 513 g/mol. The van der Waals surface area contributed by atoms with E-state index in [1.165, 1.54) is 0 Å². The van der Waals surface area contributed by atoms with E-state index in [0.29, 0.717) is 26.1 Å². The maximum Gasteiger partial charge on any atom is 0.259 e. The second-order valence-electron chi connectivity index (χ2n) is 10.2. The summed E-state index contributed by atoms with van der Waals surface area (Å²) in [4.78, 5) is 25.6. The summed E-state index contributed by atoms with van der Waals surface area (Å²) in [6.07, 6.45) is 1.27. The predicted molar refractivity (Wildman–Crippen MR) is 157 cm³/mol. The standard InChI is InChI=1S/C30H44N3O5P/c1-8-27(20-38-39(37-17-9-16-31)33(21(2)3)22(4)5)32-30(35)15-14-29(34)23(6)24-10-11-26-19-28(36-7)13-12-25(26)18-24/h10-13,18-19,21-23,27H,8-9,14-15,17,20H2,1-7H3,(H,32,35)/t23-,27?,39?/m0/s1. The number of nitrogens with zero attached hydrogens (tertiary/aromatic N) is 2. The van der Waals surface area contributed by atoms with E-state index in [0.717, 1.165) is 22.1 Å². The van der Waals surface area contributed by atoms with Crippen molar-refractivity contribution < 1.29 is 23.4 Å². The number of nitrogens with one attached hydrogen (secondary N) is 1. The van der Waals surface area contributed by atoms with E-state index in [-0.39, 0.29) is 48.6 Å². The van der Waals surface area contributed by atoms with Crippen LogP contribution in [0.15, 0.2) is 36.4 Å². The molecule has 0 radical (unpaired) electrons. The van der Waals surface area contributed by atoms with Crippen LogP contribution in [-0.2, 0) is 18.6 Å². The lowest BCUT2D eigenvalue weighted by atomic mass is 9.92. The summed E-state index contributed by atoms with van der Waals surface area (Å²) in [6, 6.07) is 14.1. The highest BCUT2D eigenvalue weighted by Crippen LogP contribution is 2.46. The van der Waals surface area contributed by atoms with Crippen molar-refractivity contribution in [3.05, 3.63) is 42.0 Å². The Labute approximate surface area is 235 Å². The van der Waals surface area contributed by atoms with Crippen molar-refractivity contribution >= 4 is 31.0 Å². The SMILES string of the molecule is CCC(COP(OCCC#N)N(C(C)C)C(C)C)NC(=O)CCC(=O)[C@@H](C)c1ccc2cc(OC)ccc2c1. The molecule has 9 heteroatoms. The molecule has 2 rings (SSSR count). The summed E-state index contributed by atoms with van der Waals surface area (Å²) in [5, 5.41) is 14.0. The highest BCUT2D eigenvalue weighted by atomic mass is 31.2. The highest BCUT2D eigenvalue weighted by molar-refractivity contribution is 7.44. The van der Waals surface area contributed by atoms with Crippen molar-refractivity contribution in [3.8, 4) is 11.8 Å². The summed E-state index contributed by atoms with van der Waals surface area (Å²) in [7, 11) is 0.263. The van der Waals surface area contributed by atoms with Crippen LogP contribution in [0.2, 0.25) is 0 Å². The van der Waals surface area contributed by atoms with Gasteiger partial charge in [-0.25, -0.2) is 4.67 Å². The van der Waals surface area contributed by atoms with E-state index in [4.69, 9.17) is 19.0 Å². The number of ether oxygens (including phenoxy) is 1. The summed E-state index contributed by atoms with van der Waals surface area (Å²) < 4.78 is 19.5. The lowest BCUT2D eigenvalue weighted by Crippen LogP contribution is -2.39. The lowest BCUT2D eigenvalue weighted by molar-refractivity contribution is -0.126. The molecule has 1 amide bonds. The number of Topliss-reactive ketones (excluding diaryl/α,β-unsaturated/α-hetero) is 1. The number of amides is 1. The largest absolute Gasteiger partial charge is 0.497 e. The Morgan fingerprint density at radius 2 is 1.67 bits per heavy atom. The number of hydrogen-bond donors (Lipinski definition) is 1. The van der Waals surface area contributed by atoms with Gasteiger partial charge >= 0.3 is 0 Å². The molecule has 0 saturated carbocycles. The number of carbonyl (C=O) groups excluding carboxylic acids is 2. The first-order valence-electron chi connectivity index (χ1n) is 13.7. The van der Waals surface area contributed by atoms with Crippen LogP contribution < -0.4 is 10.1 Å². The quantitative estimate of drug-likeness (QED) is 0.175. The zero-order valence-corrected chi connectivity index (χ0v) is 25.3. The van der Waals surface area contributed by atoms with Gasteiger partial charge in [0.2, 0.25) is 5.91 Å². The highest BCUT2D eigenvalue weighted by Gasteiger charge is 2.28. The maximum absolute atomic E-state index is 12.9. The molecule has 39 heavy (non-hydrogen) atoms. The lowest BCUT2D eigenvalue weighted by Gasteiger charge is -2.36. The number of carbonyl (C=O) groups is 2. The molecular formula is C30H44N3O5P. The normalized spacial score (nSPS) is 13.9. The fourth-order valence-electron chi connectivity index (χ4n) is 4.31. The van der Waals surface area contributed by atoms with Gasteiger partial charge in [-0.15, -0.1) is 0 Å². The molecule has 214 valence electrons. The first-order valence-corrected chi connectivity index (χ1v) is 14.8. The van der Waals surface area contributed by atoms with Gasteiger partial charge in [0.05, 0.1) is 38.9 Å². The second kappa shape index (κ2) is 16.5. The smallest absolute Gasteiger partial charge is 0.259 e. The Kier molecular flexibility index (Phi) is 13.8. The number of hydrogen-bond acceptors (Lipinski definition) is 7. The van der Waals surface area contributed by atoms with E-state index in [2.05, 4.69) is 43.8 Å². The fraction of sp³-hybridized carbons (Fsp3) is 0.567. The molecule has 0 heterocycles. The number of nitriles is 1. The molecule has 2 unspecified atom stereocenters. The minimum absolute atomic E-state index is 0.0289. The van der Waals surface area contributed by atoms with Crippen molar-refractivity contribution in [2.75, 3.05) is 20.3 Å². The number of fused-ring (bicyclic) bond motifs is 1. The van der Waals surface area contributed by atoms with Gasteiger partial charge < -0.3 is 19.1 Å². The molecule has 0 aliphatic carbocycles. The minimum atomic E-state index is -1.38. The molecule has 1 N–H and O–H groups in total. The van der Waals surface area contributed by atoms with Crippen molar-refractivity contribution in [1.82, 2.24) is 9.99 Å². The van der Waals surface area contributed by atoms with E-state index in [1.807, 2.05) is 50.2 Å². The second-order valence-corrected chi connectivity index (χ2v) is 11.6. The summed E-state index contributed by atoms with van der Waals surface area (Å²) in [5.41, 5.74) is 0.933. The number of ketones is 1. The Morgan fingerprint density at radius 1 is 1.00 bits per heavy atom. The van der Waals surface area contributed by atoms with Crippen LogP contribution in [-0.4, -0.2) is 54.8 Å². The van der Waals surface area contributed by atoms with Gasteiger partial charge in [-0.2, -0.15) is 5.26 Å². The maximum atomic E-state index is 12.9. The van der Waals surface area contributed by atoms with Crippen LogP contribution >= 0.6 is 8.53 Å². The van der Waals surface area contributed by atoms with Gasteiger partial charge in [-0.1, -0.05) is 38.1 Å². The summed E-state index contributed by atoms with van der Waals surface area (Å²) >= 11 is 0. The summed E-state index contributed by atoms with van der Waals surface area (Å²) in [6.45, 7) is 12.8. The van der Waals surface area contributed by atoms with E-state index in [9.17, 15) is 9.59 Å². The zero-order valence-electron chi connectivity index (χ0n) is 24.4. The first-order chi connectivity index (χ1) is 18.6. The third-order valence-electron chi connectivity index (χ3n) is 6.56. The van der Waals surface area contributed by atoms with Gasteiger partial charge in [0, 0.05) is 30.8 Å². The van der Waals surface area contributed by atoms with Crippen LogP contribution in [0.4, 0.5) is 0 Å². The van der Waals surface area contributed by atoms with Gasteiger partial charge in [0.25, 0.3) is 8.53 Å². The summed E-state index contributed by atoms with van der Waals surface area (Å²) in [5.74, 6) is 0.348. The molecule has 3 atom stereocenters. The average Bonchev–Trinajstić information content (AvgIpc) is 2.92. The molecule has 0 aliphatic heterocycles. The molecule has 0 bridgehead atoms. The Balaban J connectivity index is 1.91. The number of benzene rings is 2. The number of methoxy groups -OCH3 is 1. The Morgan fingerprint density at radius 3 is 2.28 bits per heavy atom. The van der Waals surface area contributed by atoms with Crippen LogP contribution in [0, 0.1) is 11.3 Å². The number of rotatable bonds is 17. The average molecular weight is 558 g/mol. The fourth-order valence-corrected chi connectivity index (χ4v) is 5.96. The van der Waals surface area contributed by atoms with Crippen LogP contribution in [0.5, 0.6) is 5.75 Å². The molecule has 0 fully saturated rings. The molecule has 0 aliphatic rings. The molecule has 0 spiro atoms. The molecule has 2 aromatic rings. The molecule has 8 nitrogen and oxygen atoms in total. The van der Waals surface area contributed by atoms with Crippen molar-refractivity contribution in [3.63, 3.8) is 0 Å².